The van der Waals surface area contributed by atoms with Gasteiger partial charge >= 0.3 is 5.97 Å². The number of carboxylic acid groups (broad SMARTS) is 1. The Morgan fingerprint density at radius 2 is 2.00 bits per heavy atom. The largest absolute Gasteiger partial charge is 0.478 e. The number of fused-ring (bicyclic) bond motifs is 2. The van der Waals surface area contributed by atoms with Crippen molar-refractivity contribution in [2.24, 2.45) is 0 Å². The molecule has 1 N–H and O–H groups in total. The molecule has 1 aromatic carbocycles. The third-order valence-corrected chi connectivity index (χ3v) is 6.60. The Balaban J connectivity index is 1.88. The van der Waals surface area contributed by atoms with Crippen molar-refractivity contribution in [3.05, 3.63) is 52.8 Å². The first-order chi connectivity index (χ1) is 11.5. The number of aryl methyl sites for hydroxylation is 1. The number of benzene rings is 1. The fraction of sp³-hybridized carbons (Fsp3) is 0.294. The van der Waals surface area contributed by atoms with Crippen LogP contribution < -0.4 is 4.31 Å². The van der Waals surface area contributed by atoms with Gasteiger partial charge in [0.2, 0.25) is 0 Å². The van der Waals surface area contributed by atoms with E-state index in [4.69, 9.17) is 0 Å². The summed E-state index contributed by atoms with van der Waals surface area (Å²) in [6, 6.07) is 4.60. The zero-order valence-corrected chi connectivity index (χ0v) is 13.7. The van der Waals surface area contributed by atoms with E-state index >= 15 is 0 Å². The molecule has 0 fully saturated rings. The molecule has 2 aromatic rings. The van der Waals surface area contributed by atoms with Gasteiger partial charge in [0.25, 0.3) is 10.0 Å². The molecule has 0 unspecified atom stereocenters. The lowest BCUT2D eigenvalue weighted by atomic mass is 10.1. The van der Waals surface area contributed by atoms with Crippen LogP contribution in [0.5, 0.6) is 0 Å². The Kier molecular flexibility index (Phi) is 3.35. The number of pyridine rings is 1. The molecule has 124 valence electrons. The summed E-state index contributed by atoms with van der Waals surface area (Å²) in [5, 5.41) is 9.31. The second-order valence-electron chi connectivity index (χ2n) is 6.10. The van der Waals surface area contributed by atoms with Gasteiger partial charge in [0.1, 0.15) is 0 Å². The first-order valence-electron chi connectivity index (χ1n) is 7.83. The van der Waals surface area contributed by atoms with Gasteiger partial charge in [-0.1, -0.05) is 0 Å². The van der Waals surface area contributed by atoms with E-state index in [-0.39, 0.29) is 10.5 Å². The van der Waals surface area contributed by atoms with E-state index < -0.39 is 16.0 Å². The Morgan fingerprint density at radius 3 is 2.79 bits per heavy atom. The molecule has 7 heteroatoms. The summed E-state index contributed by atoms with van der Waals surface area (Å²) in [6.45, 7) is 0.357. The highest BCUT2D eigenvalue weighted by atomic mass is 32.2. The van der Waals surface area contributed by atoms with Crippen molar-refractivity contribution in [1.29, 1.82) is 0 Å². The molecule has 1 aromatic heterocycles. The second kappa shape index (κ2) is 5.31. The third-order valence-electron chi connectivity index (χ3n) is 4.72. The second-order valence-corrected chi connectivity index (χ2v) is 7.93. The predicted molar refractivity (Wildman–Crippen MR) is 87.9 cm³/mol. The minimum absolute atomic E-state index is 0.0309. The summed E-state index contributed by atoms with van der Waals surface area (Å²) in [5.74, 6) is -1.10. The van der Waals surface area contributed by atoms with E-state index in [0.717, 1.165) is 29.5 Å². The zero-order valence-electron chi connectivity index (χ0n) is 12.9. The van der Waals surface area contributed by atoms with Crippen molar-refractivity contribution in [2.45, 2.75) is 30.6 Å². The van der Waals surface area contributed by atoms with Crippen LogP contribution in [0, 0.1) is 0 Å². The minimum atomic E-state index is -3.79. The van der Waals surface area contributed by atoms with Gasteiger partial charge in [-0.15, -0.1) is 0 Å². The van der Waals surface area contributed by atoms with Crippen molar-refractivity contribution in [1.82, 2.24) is 4.98 Å². The highest BCUT2D eigenvalue weighted by Crippen LogP contribution is 2.36. The Bertz CT molecular complexity index is 953. The lowest BCUT2D eigenvalue weighted by Gasteiger charge is -2.21. The number of aromatic nitrogens is 1. The first-order valence-corrected chi connectivity index (χ1v) is 9.27. The minimum Gasteiger partial charge on any atom is -0.478 e. The molecular formula is C17H16N2O4S. The standard InChI is InChI=1S/C17H16N2O4S/c20-17(21)13-8-11-2-1-3-14(11)16(9-13)24(22,23)19-7-5-12-10-18-6-4-15(12)19/h4,6,8-10H,1-3,5,7H2,(H,20,21). The number of sulfonamides is 1. The van der Waals surface area contributed by atoms with Crippen LogP contribution in [0.1, 0.15) is 33.5 Å². The normalized spacial score (nSPS) is 16.1. The summed E-state index contributed by atoms with van der Waals surface area (Å²) in [6.07, 6.45) is 6.11. The molecule has 2 aliphatic rings. The lowest BCUT2D eigenvalue weighted by molar-refractivity contribution is 0.0696. The van der Waals surface area contributed by atoms with Crippen LogP contribution >= 0.6 is 0 Å². The topological polar surface area (TPSA) is 87.6 Å². The molecular weight excluding hydrogens is 328 g/mol. The molecule has 1 aliphatic heterocycles. The molecule has 4 rings (SSSR count). The van der Waals surface area contributed by atoms with Crippen molar-refractivity contribution in [2.75, 3.05) is 10.8 Å². The number of carbonyl (C=O) groups is 1. The van der Waals surface area contributed by atoms with E-state index in [2.05, 4.69) is 4.98 Å². The van der Waals surface area contributed by atoms with Gasteiger partial charge in [-0.3, -0.25) is 9.29 Å². The van der Waals surface area contributed by atoms with Crippen LogP contribution in [-0.2, 0) is 29.3 Å². The predicted octanol–water partition coefficient (Wildman–Crippen LogP) is 2.02. The fourth-order valence-corrected chi connectivity index (χ4v) is 5.41. The summed E-state index contributed by atoms with van der Waals surface area (Å²) in [5.41, 5.74) is 3.16. The number of nitrogens with zero attached hydrogens (tertiary/aromatic N) is 2. The number of hydrogen-bond donors (Lipinski definition) is 1. The average molecular weight is 344 g/mol. The van der Waals surface area contributed by atoms with Crippen LogP contribution in [0.3, 0.4) is 0 Å². The van der Waals surface area contributed by atoms with E-state index in [1.807, 2.05) is 0 Å². The first kappa shape index (κ1) is 15.1. The van der Waals surface area contributed by atoms with Crippen LogP contribution in [0.2, 0.25) is 0 Å². The Hall–Kier alpha value is -2.41. The zero-order chi connectivity index (χ0) is 16.9. The molecule has 0 amide bonds. The summed E-state index contributed by atoms with van der Waals surface area (Å²) >= 11 is 0. The SMILES string of the molecule is O=C(O)c1cc2c(c(S(=O)(=O)N3CCc4cnccc43)c1)CCC2. The quantitative estimate of drug-likeness (QED) is 0.920. The Labute approximate surface area is 139 Å². The van der Waals surface area contributed by atoms with Gasteiger partial charge in [-0.05, 0) is 60.6 Å². The molecule has 0 saturated carbocycles. The summed E-state index contributed by atoms with van der Waals surface area (Å²) in [4.78, 5) is 15.6. The molecule has 0 radical (unpaired) electrons. The summed E-state index contributed by atoms with van der Waals surface area (Å²) < 4.78 is 27.9. The van der Waals surface area contributed by atoms with Gasteiger partial charge in [0.15, 0.2) is 0 Å². The maximum Gasteiger partial charge on any atom is 0.335 e. The van der Waals surface area contributed by atoms with Crippen molar-refractivity contribution in [3.63, 3.8) is 0 Å². The summed E-state index contributed by atoms with van der Waals surface area (Å²) in [7, 11) is -3.79. The van der Waals surface area contributed by atoms with Crippen LogP contribution in [0.15, 0.2) is 35.5 Å². The third kappa shape index (κ3) is 2.19. The molecule has 0 bridgehead atoms. The Morgan fingerprint density at radius 1 is 1.17 bits per heavy atom. The van der Waals surface area contributed by atoms with Crippen molar-refractivity contribution >= 4 is 21.7 Å². The molecule has 0 spiro atoms. The van der Waals surface area contributed by atoms with E-state index in [0.29, 0.717) is 25.1 Å². The monoisotopic (exact) mass is 344 g/mol. The highest BCUT2D eigenvalue weighted by Gasteiger charge is 2.34. The molecule has 6 nitrogen and oxygen atoms in total. The fourth-order valence-electron chi connectivity index (χ4n) is 3.59. The van der Waals surface area contributed by atoms with Gasteiger partial charge in [-0.25, -0.2) is 13.2 Å². The van der Waals surface area contributed by atoms with Crippen molar-refractivity contribution in [3.8, 4) is 0 Å². The van der Waals surface area contributed by atoms with Gasteiger partial charge < -0.3 is 5.11 Å². The number of hydrogen-bond acceptors (Lipinski definition) is 4. The van der Waals surface area contributed by atoms with Crippen LogP contribution in [0.4, 0.5) is 5.69 Å². The van der Waals surface area contributed by atoms with Gasteiger partial charge in [-0.2, -0.15) is 0 Å². The average Bonchev–Trinajstić information content (AvgIpc) is 3.20. The smallest absolute Gasteiger partial charge is 0.335 e. The number of anilines is 1. The maximum atomic E-state index is 13.2. The van der Waals surface area contributed by atoms with E-state index in [1.54, 1.807) is 24.5 Å². The van der Waals surface area contributed by atoms with Crippen LogP contribution in [-0.4, -0.2) is 31.0 Å². The molecule has 24 heavy (non-hydrogen) atoms. The van der Waals surface area contributed by atoms with Crippen molar-refractivity contribution < 1.29 is 18.3 Å². The highest BCUT2D eigenvalue weighted by molar-refractivity contribution is 7.93. The van der Waals surface area contributed by atoms with Crippen LogP contribution in [0.25, 0.3) is 0 Å². The number of carboxylic acids is 1. The van der Waals surface area contributed by atoms with E-state index in [9.17, 15) is 18.3 Å². The molecule has 1 aliphatic carbocycles. The van der Waals surface area contributed by atoms with E-state index in [1.165, 1.54) is 10.4 Å². The number of aromatic carboxylic acids is 1. The molecule has 2 heterocycles. The maximum absolute atomic E-state index is 13.2. The number of rotatable bonds is 3. The molecule has 0 atom stereocenters. The molecule has 0 saturated heterocycles. The van der Waals surface area contributed by atoms with Gasteiger partial charge in [0, 0.05) is 18.9 Å². The lowest BCUT2D eigenvalue weighted by Crippen LogP contribution is -2.30. The van der Waals surface area contributed by atoms with Gasteiger partial charge in [0.05, 0.1) is 16.1 Å².